The SMILES string of the molecule is O=C1C2=C(C=CC1S(=O)(=O)N1CCCC1)NC(c1ccc(Br)cc1)C1CC=CC21. The Morgan fingerprint density at radius 2 is 1.79 bits per heavy atom. The van der Waals surface area contributed by atoms with Crippen molar-refractivity contribution in [3.05, 3.63) is 69.9 Å². The van der Waals surface area contributed by atoms with Gasteiger partial charge in [-0.05, 0) is 49.0 Å². The van der Waals surface area contributed by atoms with E-state index in [1.165, 1.54) is 9.87 Å². The molecule has 2 aliphatic heterocycles. The van der Waals surface area contributed by atoms with Gasteiger partial charge in [0.1, 0.15) is 0 Å². The van der Waals surface area contributed by atoms with Gasteiger partial charge >= 0.3 is 0 Å². The standard InChI is InChI=1S/C22H23BrN2O3S/c23-15-8-6-14(7-9-15)21-17-5-3-4-16(17)20-18(24-21)10-11-19(22(20)26)29(27,28)25-12-1-2-13-25/h3-4,6-11,16-17,19,21,24H,1-2,5,12-13H2. The molecule has 4 aliphatic rings. The van der Waals surface area contributed by atoms with Gasteiger partial charge in [0.25, 0.3) is 0 Å². The number of fused-ring (bicyclic) bond motifs is 2. The number of halogens is 1. The average Bonchev–Trinajstić information content (AvgIpc) is 3.40. The van der Waals surface area contributed by atoms with Crippen molar-refractivity contribution in [1.29, 1.82) is 0 Å². The molecule has 29 heavy (non-hydrogen) atoms. The predicted molar refractivity (Wildman–Crippen MR) is 115 cm³/mol. The van der Waals surface area contributed by atoms with Crippen LogP contribution in [0.15, 0.2) is 64.3 Å². The highest BCUT2D eigenvalue weighted by Gasteiger charge is 2.47. The minimum absolute atomic E-state index is 0.0476. The first-order valence-corrected chi connectivity index (χ1v) is 12.4. The Labute approximate surface area is 179 Å². The highest BCUT2D eigenvalue weighted by Crippen LogP contribution is 2.46. The van der Waals surface area contributed by atoms with E-state index in [4.69, 9.17) is 0 Å². The second-order valence-corrected chi connectivity index (χ2v) is 11.1. The molecular formula is C22H23BrN2O3S. The van der Waals surface area contributed by atoms with Crippen LogP contribution in [0.1, 0.15) is 30.9 Å². The fourth-order valence-electron chi connectivity index (χ4n) is 5.05. The number of allylic oxidation sites excluding steroid dienone is 4. The molecule has 4 unspecified atom stereocenters. The maximum absolute atomic E-state index is 13.4. The molecule has 2 heterocycles. The Balaban J connectivity index is 1.50. The third kappa shape index (κ3) is 3.14. The van der Waals surface area contributed by atoms with Crippen LogP contribution < -0.4 is 5.32 Å². The van der Waals surface area contributed by atoms with Crippen LogP contribution in [0.3, 0.4) is 0 Å². The van der Waals surface area contributed by atoms with Crippen LogP contribution >= 0.6 is 15.9 Å². The molecule has 2 aliphatic carbocycles. The number of nitrogens with zero attached hydrogens (tertiary/aromatic N) is 1. The van der Waals surface area contributed by atoms with Gasteiger partial charge in [0.2, 0.25) is 10.0 Å². The summed E-state index contributed by atoms with van der Waals surface area (Å²) in [4.78, 5) is 13.4. The molecule has 5 rings (SSSR count). The van der Waals surface area contributed by atoms with Crippen LogP contribution in [0.4, 0.5) is 0 Å². The van der Waals surface area contributed by atoms with Crippen LogP contribution in [0.25, 0.3) is 0 Å². The van der Waals surface area contributed by atoms with Gasteiger partial charge in [-0.1, -0.05) is 46.3 Å². The third-order valence-corrected chi connectivity index (χ3v) is 9.14. The molecule has 1 saturated heterocycles. The molecule has 1 fully saturated rings. The van der Waals surface area contributed by atoms with Crippen molar-refractivity contribution in [1.82, 2.24) is 9.62 Å². The molecule has 5 nitrogen and oxygen atoms in total. The Hall–Kier alpha value is -1.70. The second kappa shape index (κ2) is 7.22. The van der Waals surface area contributed by atoms with E-state index >= 15 is 0 Å². The molecule has 4 atom stereocenters. The minimum atomic E-state index is -3.65. The Morgan fingerprint density at radius 1 is 1.07 bits per heavy atom. The largest absolute Gasteiger partial charge is 0.378 e. The summed E-state index contributed by atoms with van der Waals surface area (Å²) in [7, 11) is -3.65. The smallest absolute Gasteiger partial charge is 0.228 e. The summed E-state index contributed by atoms with van der Waals surface area (Å²) in [5.41, 5.74) is 2.57. The molecule has 1 N–H and O–H groups in total. The summed E-state index contributed by atoms with van der Waals surface area (Å²) in [5, 5.41) is 2.45. The van der Waals surface area contributed by atoms with E-state index in [2.05, 4.69) is 45.5 Å². The van der Waals surface area contributed by atoms with Crippen LogP contribution in [0.5, 0.6) is 0 Å². The first kappa shape index (κ1) is 19.3. The highest BCUT2D eigenvalue weighted by atomic mass is 79.9. The first-order chi connectivity index (χ1) is 14.0. The number of hydrogen-bond donors (Lipinski definition) is 1. The van der Waals surface area contributed by atoms with E-state index in [9.17, 15) is 13.2 Å². The third-order valence-electron chi connectivity index (χ3n) is 6.51. The van der Waals surface area contributed by atoms with Gasteiger partial charge in [-0.3, -0.25) is 4.79 Å². The molecule has 152 valence electrons. The van der Waals surface area contributed by atoms with Crippen molar-refractivity contribution in [3.8, 4) is 0 Å². The van der Waals surface area contributed by atoms with Gasteiger partial charge in [-0.2, -0.15) is 0 Å². The molecule has 0 spiro atoms. The van der Waals surface area contributed by atoms with Crippen LogP contribution in [-0.2, 0) is 14.8 Å². The van der Waals surface area contributed by atoms with E-state index in [-0.39, 0.29) is 23.7 Å². The maximum atomic E-state index is 13.4. The first-order valence-electron chi connectivity index (χ1n) is 10.1. The monoisotopic (exact) mass is 474 g/mol. The zero-order chi connectivity index (χ0) is 20.2. The number of Topliss-reactive ketones (excluding diaryl/α,β-unsaturated/α-hetero) is 1. The topological polar surface area (TPSA) is 66.5 Å². The number of hydrogen-bond acceptors (Lipinski definition) is 4. The number of ketones is 1. The summed E-state index contributed by atoms with van der Waals surface area (Å²) in [5.74, 6) is -0.105. The Morgan fingerprint density at radius 3 is 2.52 bits per heavy atom. The predicted octanol–water partition coefficient (Wildman–Crippen LogP) is 3.47. The molecule has 0 radical (unpaired) electrons. The van der Waals surface area contributed by atoms with Crippen molar-refractivity contribution in [2.75, 3.05) is 13.1 Å². The van der Waals surface area contributed by atoms with Crippen molar-refractivity contribution in [3.63, 3.8) is 0 Å². The lowest BCUT2D eigenvalue weighted by molar-refractivity contribution is -0.115. The molecule has 1 aromatic rings. The maximum Gasteiger partial charge on any atom is 0.228 e. The van der Waals surface area contributed by atoms with E-state index in [1.54, 1.807) is 6.08 Å². The molecule has 0 amide bonds. The summed E-state index contributed by atoms with van der Waals surface area (Å²) < 4.78 is 28.7. The normalized spacial score (nSPS) is 31.7. The van der Waals surface area contributed by atoms with Crippen LogP contribution in [0.2, 0.25) is 0 Å². The lowest BCUT2D eigenvalue weighted by atomic mass is 9.74. The van der Waals surface area contributed by atoms with Crippen molar-refractivity contribution in [2.24, 2.45) is 11.8 Å². The molecule has 0 aromatic heterocycles. The van der Waals surface area contributed by atoms with E-state index in [1.807, 2.05) is 18.2 Å². The van der Waals surface area contributed by atoms with Gasteiger partial charge in [0.15, 0.2) is 11.0 Å². The highest BCUT2D eigenvalue weighted by molar-refractivity contribution is 9.10. The summed E-state index contributed by atoms with van der Waals surface area (Å²) >= 11 is 3.48. The van der Waals surface area contributed by atoms with Crippen molar-refractivity contribution >= 4 is 31.7 Å². The molecule has 0 bridgehead atoms. The van der Waals surface area contributed by atoms with Gasteiger partial charge in [-0.25, -0.2) is 12.7 Å². The zero-order valence-electron chi connectivity index (χ0n) is 15.9. The number of benzene rings is 1. The van der Waals surface area contributed by atoms with Crippen molar-refractivity contribution < 1.29 is 13.2 Å². The zero-order valence-corrected chi connectivity index (χ0v) is 18.3. The van der Waals surface area contributed by atoms with Crippen LogP contribution in [0, 0.1) is 11.8 Å². The summed E-state index contributed by atoms with van der Waals surface area (Å²) in [6.07, 6.45) is 10.2. The minimum Gasteiger partial charge on any atom is -0.378 e. The van der Waals surface area contributed by atoms with Crippen LogP contribution in [-0.4, -0.2) is 36.8 Å². The lowest BCUT2D eigenvalue weighted by Gasteiger charge is -2.40. The van der Waals surface area contributed by atoms with Gasteiger partial charge in [0.05, 0.1) is 6.04 Å². The number of carbonyl (C=O) groups excluding carboxylic acids is 1. The lowest BCUT2D eigenvalue weighted by Crippen LogP contribution is -2.47. The molecule has 7 heteroatoms. The van der Waals surface area contributed by atoms with Gasteiger partial charge < -0.3 is 5.32 Å². The van der Waals surface area contributed by atoms with E-state index in [0.717, 1.165) is 29.4 Å². The van der Waals surface area contributed by atoms with Gasteiger partial charge in [-0.15, -0.1) is 0 Å². The number of sulfonamides is 1. The number of carbonyl (C=O) groups is 1. The second-order valence-electron chi connectivity index (χ2n) is 8.15. The Kier molecular flexibility index (Phi) is 4.80. The van der Waals surface area contributed by atoms with E-state index < -0.39 is 15.3 Å². The summed E-state index contributed by atoms with van der Waals surface area (Å²) in [6, 6.07) is 8.33. The molecule has 1 aromatic carbocycles. The molecular weight excluding hydrogens is 452 g/mol. The summed E-state index contributed by atoms with van der Waals surface area (Å²) in [6.45, 7) is 1.03. The Bertz CT molecular complexity index is 1040. The van der Waals surface area contributed by atoms with E-state index in [0.29, 0.717) is 18.7 Å². The number of rotatable bonds is 3. The molecule has 0 saturated carbocycles. The average molecular weight is 475 g/mol. The quantitative estimate of drug-likeness (QED) is 0.680. The fourth-order valence-corrected chi connectivity index (χ4v) is 7.08. The fraction of sp³-hybridized carbons (Fsp3) is 0.409. The van der Waals surface area contributed by atoms with Gasteiger partial charge in [0, 0.05) is 34.8 Å². The number of nitrogens with one attached hydrogen (secondary N) is 1. The van der Waals surface area contributed by atoms with Crippen molar-refractivity contribution in [2.45, 2.75) is 30.6 Å².